The number of nitrogens with zero attached hydrogens (tertiary/aromatic N) is 2. The van der Waals surface area contributed by atoms with Gasteiger partial charge in [-0.25, -0.2) is 4.79 Å². The molecule has 1 heterocycles. The zero-order chi connectivity index (χ0) is 18.6. The van der Waals surface area contributed by atoms with Crippen LogP contribution >= 0.6 is 0 Å². The Morgan fingerprint density at radius 2 is 1.76 bits per heavy atom. The summed E-state index contributed by atoms with van der Waals surface area (Å²) < 4.78 is 2.32. The third kappa shape index (κ3) is 4.35. The maximum atomic E-state index is 12.3. The molecular weight excluding hydrogens is 318 g/mol. The van der Waals surface area contributed by atoms with E-state index < -0.39 is 11.2 Å². The molecule has 0 spiro atoms. The van der Waals surface area contributed by atoms with Crippen LogP contribution in [0.4, 0.5) is 0 Å². The highest BCUT2D eigenvalue weighted by atomic mass is 16.2. The van der Waals surface area contributed by atoms with Gasteiger partial charge in [-0.3, -0.25) is 14.2 Å². The van der Waals surface area contributed by atoms with E-state index >= 15 is 0 Å². The van der Waals surface area contributed by atoms with Crippen molar-refractivity contribution in [2.45, 2.75) is 19.9 Å². The minimum atomic E-state index is -0.435. The lowest BCUT2D eigenvalue weighted by Gasteiger charge is -2.22. The average Bonchev–Trinajstić information content (AvgIpc) is 2.60. The van der Waals surface area contributed by atoms with Gasteiger partial charge in [0.05, 0.1) is 11.6 Å². The first kappa shape index (κ1) is 18.4. The average molecular weight is 341 g/mol. The number of carbonyl (C=O) groups is 1. The number of carbonyl (C=O) groups excluding carboxylic acids is 1. The number of hydrogen-bond acceptors (Lipinski definition) is 3. The zero-order valence-corrected chi connectivity index (χ0v) is 14.9. The van der Waals surface area contributed by atoms with E-state index in [2.05, 4.69) is 5.32 Å². The Morgan fingerprint density at radius 1 is 1.12 bits per heavy atom. The summed E-state index contributed by atoms with van der Waals surface area (Å²) in [6.07, 6.45) is 4.17. The molecule has 2 aromatic rings. The SMILES string of the molecule is CC(C)[C@H](NC(=O)/C=C/c1cn(C)c(=O)n(C)c1=O)c1ccccc1. The molecule has 1 aromatic carbocycles. The molecule has 0 aliphatic carbocycles. The Morgan fingerprint density at radius 3 is 2.36 bits per heavy atom. The molecular formula is C19H23N3O3. The van der Waals surface area contributed by atoms with Gasteiger partial charge in [0, 0.05) is 26.4 Å². The van der Waals surface area contributed by atoms with Gasteiger partial charge in [-0.1, -0.05) is 44.2 Å². The molecule has 0 bridgehead atoms. The smallest absolute Gasteiger partial charge is 0.330 e. The molecule has 6 heteroatoms. The van der Waals surface area contributed by atoms with E-state index in [0.717, 1.165) is 10.1 Å². The van der Waals surface area contributed by atoms with Gasteiger partial charge in [0.15, 0.2) is 0 Å². The lowest BCUT2D eigenvalue weighted by Crippen LogP contribution is -2.37. The van der Waals surface area contributed by atoms with Crippen LogP contribution in [0.3, 0.4) is 0 Å². The summed E-state index contributed by atoms with van der Waals surface area (Å²) in [4.78, 5) is 36.0. The Kier molecular flexibility index (Phi) is 5.75. The van der Waals surface area contributed by atoms with Crippen LogP contribution in [0, 0.1) is 5.92 Å². The van der Waals surface area contributed by atoms with Crippen LogP contribution < -0.4 is 16.6 Å². The molecule has 1 N–H and O–H groups in total. The normalized spacial score (nSPS) is 12.5. The summed E-state index contributed by atoms with van der Waals surface area (Å²) in [6.45, 7) is 4.06. The van der Waals surface area contributed by atoms with Crippen molar-refractivity contribution < 1.29 is 4.79 Å². The van der Waals surface area contributed by atoms with Crippen molar-refractivity contribution >= 4 is 12.0 Å². The van der Waals surface area contributed by atoms with Crippen LogP contribution in [0.2, 0.25) is 0 Å². The van der Waals surface area contributed by atoms with Crippen molar-refractivity contribution in [3.8, 4) is 0 Å². The first-order valence-electron chi connectivity index (χ1n) is 8.11. The van der Waals surface area contributed by atoms with Crippen molar-refractivity contribution in [3.63, 3.8) is 0 Å². The standard InChI is InChI=1S/C19H23N3O3/c1-13(2)17(14-8-6-5-7-9-14)20-16(23)11-10-15-12-21(3)19(25)22(4)18(15)24/h5-13,17H,1-4H3,(H,20,23)/b11-10+/t17-/m0/s1. The second-order valence-electron chi connectivity index (χ2n) is 6.32. The van der Waals surface area contributed by atoms with Gasteiger partial charge in [-0.2, -0.15) is 0 Å². The number of rotatable bonds is 5. The maximum Gasteiger partial charge on any atom is 0.330 e. The Hall–Kier alpha value is -2.89. The lowest BCUT2D eigenvalue weighted by atomic mass is 9.96. The van der Waals surface area contributed by atoms with Gasteiger partial charge in [0.1, 0.15) is 0 Å². The van der Waals surface area contributed by atoms with Crippen LogP contribution in [0.25, 0.3) is 6.08 Å². The summed E-state index contributed by atoms with van der Waals surface area (Å²) >= 11 is 0. The highest BCUT2D eigenvalue weighted by Gasteiger charge is 2.16. The van der Waals surface area contributed by atoms with E-state index in [4.69, 9.17) is 0 Å². The third-order valence-electron chi connectivity index (χ3n) is 4.01. The van der Waals surface area contributed by atoms with Gasteiger partial charge >= 0.3 is 5.69 Å². The van der Waals surface area contributed by atoms with Crippen molar-refractivity contribution in [2.24, 2.45) is 20.0 Å². The van der Waals surface area contributed by atoms with Crippen molar-refractivity contribution in [1.82, 2.24) is 14.5 Å². The zero-order valence-electron chi connectivity index (χ0n) is 14.9. The first-order chi connectivity index (χ1) is 11.8. The number of hydrogen-bond donors (Lipinski definition) is 1. The van der Waals surface area contributed by atoms with Crippen LogP contribution in [0.15, 0.2) is 52.2 Å². The quantitative estimate of drug-likeness (QED) is 0.840. The molecule has 1 aromatic heterocycles. The predicted molar refractivity (Wildman–Crippen MR) is 98.1 cm³/mol. The summed E-state index contributed by atoms with van der Waals surface area (Å²) in [5, 5.41) is 2.96. The van der Waals surface area contributed by atoms with E-state index in [9.17, 15) is 14.4 Å². The van der Waals surface area contributed by atoms with Crippen LogP contribution in [0.5, 0.6) is 0 Å². The molecule has 0 saturated carbocycles. The number of aromatic nitrogens is 2. The molecule has 0 saturated heterocycles. The molecule has 0 unspecified atom stereocenters. The van der Waals surface area contributed by atoms with Gasteiger partial charge in [0.2, 0.25) is 5.91 Å². The van der Waals surface area contributed by atoms with E-state index in [1.54, 1.807) is 7.05 Å². The van der Waals surface area contributed by atoms with Crippen molar-refractivity contribution in [2.75, 3.05) is 0 Å². The molecule has 1 amide bonds. The molecule has 0 fully saturated rings. The van der Waals surface area contributed by atoms with Crippen molar-refractivity contribution in [1.29, 1.82) is 0 Å². The summed E-state index contributed by atoms with van der Waals surface area (Å²) in [5.41, 5.74) is 0.462. The first-order valence-corrected chi connectivity index (χ1v) is 8.11. The van der Waals surface area contributed by atoms with E-state index in [1.807, 2.05) is 44.2 Å². The largest absolute Gasteiger partial charge is 0.345 e. The van der Waals surface area contributed by atoms with Crippen LogP contribution in [0.1, 0.15) is 31.0 Å². The fraction of sp³-hybridized carbons (Fsp3) is 0.316. The van der Waals surface area contributed by atoms with E-state index in [1.165, 1.54) is 30.0 Å². The molecule has 132 valence electrons. The molecule has 2 rings (SSSR count). The molecule has 0 aliphatic rings. The van der Waals surface area contributed by atoms with Gasteiger partial charge in [-0.05, 0) is 17.6 Å². The number of aryl methyl sites for hydroxylation is 1. The Balaban J connectivity index is 2.21. The van der Waals surface area contributed by atoms with Crippen molar-refractivity contribution in [3.05, 3.63) is 74.6 Å². The van der Waals surface area contributed by atoms with Gasteiger partial charge in [-0.15, -0.1) is 0 Å². The molecule has 0 radical (unpaired) electrons. The maximum absolute atomic E-state index is 12.3. The second kappa shape index (κ2) is 7.79. The van der Waals surface area contributed by atoms with E-state index in [0.29, 0.717) is 0 Å². The predicted octanol–water partition coefficient (Wildman–Crippen LogP) is 1.61. The van der Waals surface area contributed by atoms with Gasteiger partial charge in [0.25, 0.3) is 5.56 Å². The molecule has 6 nitrogen and oxygen atoms in total. The van der Waals surface area contributed by atoms with Crippen LogP contribution in [-0.2, 0) is 18.9 Å². The number of benzene rings is 1. The fourth-order valence-corrected chi connectivity index (χ4v) is 2.61. The monoisotopic (exact) mass is 341 g/mol. The summed E-state index contributed by atoms with van der Waals surface area (Å²) in [7, 11) is 2.97. The highest BCUT2D eigenvalue weighted by molar-refractivity contribution is 5.91. The topological polar surface area (TPSA) is 73.1 Å². The highest BCUT2D eigenvalue weighted by Crippen LogP contribution is 2.21. The summed E-state index contributed by atoms with van der Waals surface area (Å²) in [6, 6.07) is 9.61. The minimum absolute atomic E-state index is 0.124. The summed E-state index contributed by atoms with van der Waals surface area (Å²) in [5.74, 6) is -0.0800. The third-order valence-corrected chi connectivity index (χ3v) is 4.01. The Bertz CT molecular complexity index is 892. The molecule has 0 aliphatic heterocycles. The minimum Gasteiger partial charge on any atom is -0.345 e. The van der Waals surface area contributed by atoms with Gasteiger partial charge < -0.3 is 9.88 Å². The number of nitrogens with one attached hydrogen (secondary N) is 1. The second-order valence-corrected chi connectivity index (χ2v) is 6.32. The molecule has 1 atom stereocenters. The van der Waals surface area contributed by atoms with E-state index in [-0.39, 0.29) is 23.4 Å². The fourth-order valence-electron chi connectivity index (χ4n) is 2.61. The number of amides is 1. The lowest BCUT2D eigenvalue weighted by molar-refractivity contribution is -0.117. The molecule has 25 heavy (non-hydrogen) atoms. The Labute approximate surface area is 146 Å². The van der Waals surface area contributed by atoms with Crippen LogP contribution in [-0.4, -0.2) is 15.0 Å².